The predicted molar refractivity (Wildman–Crippen MR) is 96.3 cm³/mol. The number of rotatable bonds is 1. The number of likely N-dealkylation sites (tertiary alicyclic amines) is 1. The Kier molecular flexibility index (Phi) is 4.76. The number of nitrogens with one attached hydrogen (secondary N) is 1. The highest BCUT2D eigenvalue weighted by atomic mass is 16.6. The molecule has 25 heavy (non-hydrogen) atoms. The normalized spacial score (nSPS) is 27.1. The zero-order valence-electron chi connectivity index (χ0n) is 15.4. The second kappa shape index (κ2) is 6.70. The van der Waals surface area contributed by atoms with Crippen molar-refractivity contribution in [3.8, 4) is 0 Å². The number of hydrogen-bond acceptors (Lipinski definition) is 3. The topological polar surface area (TPSA) is 58.6 Å². The van der Waals surface area contributed by atoms with Crippen LogP contribution in [0.25, 0.3) is 0 Å². The molecule has 2 saturated heterocycles. The number of carbonyl (C=O) groups is 2. The lowest BCUT2D eigenvalue weighted by molar-refractivity contribution is -0.128. The highest BCUT2D eigenvalue weighted by molar-refractivity contribution is 5.86. The number of benzene rings is 1. The maximum Gasteiger partial charge on any atom is 0.410 e. The summed E-state index contributed by atoms with van der Waals surface area (Å²) in [7, 11) is 0. The van der Waals surface area contributed by atoms with Crippen molar-refractivity contribution < 1.29 is 14.3 Å². The van der Waals surface area contributed by atoms with E-state index in [4.69, 9.17) is 4.74 Å². The van der Waals surface area contributed by atoms with Crippen LogP contribution in [-0.2, 0) is 9.53 Å². The minimum atomic E-state index is -0.502. The molecule has 5 heteroatoms. The Balaban J connectivity index is 1.78. The summed E-state index contributed by atoms with van der Waals surface area (Å²) in [5.41, 5.74) is 0.280. The lowest BCUT2D eigenvalue weighted by Crippen LogP contribution is -2.39. The van der Waals surface area contributed by atoms with Gasteiger partial charge in [-0.1, -0.05) is 30.3 Å². The molecule has 2 amide bonds. The SMILES string of the molecule is CC(C)(C)OC(=O)N1CCCC2(CC1)C(=O)NCC2c1ccccc1. The van der Waals surface area contributed by atoms with Gasteiger partial charge in [-0.05, 0) is 45.6 Å². The monoisotopic (exact) mass is 344 g/mol. The Bertz CT molecular complexity index is 638. The first-order valence-electron chi connectivity index (χ1n) is 9.13. The van der Waals surface area contributed by atoms with Gasteiger partial charge in [0, 0.05) is 25.6 Å². The highest BCUT2D eigenvalue weighted by Crippen LogP contribution is 2.47. The fourth-order valence-corrected chi connectivity index (χ4v) is 4.09. The third-order valence-electron chi connectivity index (χ3n) is 5.32. The maximum absolute atomic E-state index is 12.7. The van der Waals surface area contributed by atoms with Crippen LogP contribution in [-0.4, -0.2) is 42.1 Å². The largest absolute Gasteiger partial charge is 0.444 e. The van der Waals surface area contributed by atoms with Gasteiger partial charge in [0.05, 0.1) is 5.41 Å². The molecule has 1 spiro atoms. The molecular weight excluding hydrogens is 316 g/mol. The van der Waals surface area contributed by atoms with Gasteiger partial charge >= 0.3 is 6.09 Å². The van der Waals surface area contributed by atoms with E-state index in [0.717, 1.165) is 12.8 Å². The molecule has 2 aliphatic rings. The molecule has 1 N–H and O–H groups in total. The van der Waals surface area contributed by atoms with Crippen LogP contribution >= 0.6 is 0 Å². The van der Waals surface area contributed by atoms with E-state index >= 15 is 0 Å². The Morgan fingerprint density at radius 3 is 2.60 bits per heavy atom. The van der Waals surface area contributed by atoms with Crippen molar-refractivity contribution in [3.63, 3.8) is 0 Å². The Morgan fingerprint density at radius 1 is 1.20 bits per heavy atom. The zero-order valence-corrected chi connectivity index (χ0v) is 15.4. The second-order valence-corrected chi connectivity index (χ2v) is 8.15. The quantitative estimate of drug-likeness (QED) is 0.850. The van der Waals surface area contributed by atoms with Gasteiger partial charge in [0.25, 0.3) is 0 Å². The maximum atomic E-state index is 12.7. The van der Waals surface area contributed by atoms with E-state index in [1.54, 1.807) is 4.90 Å². The van der Waals surface area contributed by atoms with Crippen molar-refractivity contribution in [2.24, 2.45) is 5.41 Å². The third kappa shape index (κ3) is 3.65. The lowest BCUT2D eigenvalue weighted by Gasteiger charge is -2.32. The third-order valence-corrected chi connectivity index (χ3v) is 5.32. The summed E-state index contributed by atoms with van der Waals surface area (Å²) in [6.07, 6.45) is 2.02. The van der Waals surface area contributed by atoms with Crippen molar-refractivity contribution in [3.05, 3.63) is 35.9 Å². The Hall–Kier alpha value is -2.04. The van der Waals surface area contributed by atoms with Crippen LogP contribution in [0.2, 0.25) is 0 Å². The van der Waals surface area contributed by atoms with Gasteiger partial charge in [0.2, 0.25) is 5.91 Å². The first-order valence-corrected chi connectivity index (χ1v) is 9.13. The average Bonchev–Trinajstić information content (AvgIpc) is 2.72. The van der Waals surface area contributed by atoms with E-state index < -0.39 is 11.0 Å². The molecule has 2 aliphatic heterocycles. The van der Waals surface area contributed by atoms with Crippen molar-refractivity contribution in [2.75, 3.05) is 19.6 Å². The molecule has 0 radical (unpaired) electrons. The van der Waals surface area contributed by atoms with Gasteiger partial charge in [-0.25, -0.2) is 4.79 Å². The van der Waals surface area contributed by atoms with Crippen LogP contribution in [0.4, 0.5) is 4.79 Å². The fourth-order valence-electron chi connectivity index (χ4n) is 4.09. The van der Waals surface area contributed by atoms with Crippen molar-refractivity contribution in [2.45, 2.75) is 51.6 Å². The van der Waals surface area contributed by atoms with Gasteiger partial charge in [-0.2, -0.15) is 0 Å². The van der Waals surface area contributed by atoms with Gasteiger partial charge < -0.3 is 15.0 Å². The van der Waals surface area contributed by atoms with Crippen LogP contribution in [0.15, 0.2) is 30.3 Å². The van der Waals surface area contributed by atoms with E-state index in [-0.39, 0.29) is 17.9 Å². The first-order chi connectivity index (χ1) is 11.8. The molecule has 0 saturated carbocycles. The molecule has 5 nitrogen and oxygen atoms in total. The molecule has 0 aliphatic carbocycles. The Labute approximate surface area is 149 Å². The van der Waals surface area contributed by atoms with Gasteiger partial charge in [-0.15, -0.1) is 0 Å². The predicted octanol–water partition coefficient (Wildman–Crippen LogP) is 3.31. The molecule has 2 heterocycles. The molecule has 2 fully saturated rings. The van der Waals surface area contributed by atoms with Crippen molar-refractivity contribution in [1.29, 1.82) is 0 Å². The second-order valence-electron chi connectivity index (χ2n) is 8.15. The summed E-state index contributed by atoms with van der Waals surface area (Å²) in [4.78, 5) is 26.9. The molecule has 2 unspecified atom stereocenters. The van der Waals surface area contributed by atoms with Crippen LogP contribution in [0.1, 0.15) is 51.5 Å². The number of nitrogens with zero attached hydrogens (tertiary/aromatic N) is 1. The average molecular weight is 344 g/mol. The summed E-state index contributed by atoms with van der Waals surface area (Å²) in [6.45, 7) is 7.51. The number of ether oxygens (including phenoxy) is 1. The highest BCUT2D eigenvalue weighted by Gasteiger charge is 2.51. The number of carbonyl (C=O) groups excluding carboxylic acids is 2. The zero-order chi connectivity index (χ0) is 18.1. The van der Waals surface area contributed by atoms with E-state index in [1.165, 1.54) is 5.56 Å². The summed E-state index contributed by atoms with van der Waals surface area (Å²) >= 11 is 0. The van der Waals surface area contributed by atoms with Gasteiger partial charge in [-0.3, -0.25) is 4.79 Å². The van der Waals surface area contributed by atoms with Crippen LogP contribution < -0.4 is 5.32 Å². The molecular formula is C20H28N2O3. The van der Waals surface area contributed by atoms with Gasteiger partial charge in [0.1, 0.15) is 5.60 Å². The molecule has 136 valence electrons. The summed E-state index contributed by atoms with van der Waals surface area (Å²) < 4.78 is 5.51. The number of hydrogen-bond donors (Lipinski definition) is 1. The molecule has 1 aromatic rings. The fraction of sp³-hybridized carbons (Fsp3) is 0.600. The standard InChI is InChI=1S/C20H28N2O3/c1-19(2,3)25-18(24)22-12-7-10-20(11-13-22)16(14-21-17(20)23)15-8-5-4-6-9-15/h4-6,8-9,16H,7,10-14H2,1-3H3,(H,21,23). The molecule has 2 atom stereocenters. The number of amides is 2. The van der Waals surface area contributed by atoms with Crippen molar-refractivity contribution in [1.82, 2.24) is 10.2 Å². The van der Waals surface area contributed by atoms with E-state index in [1.807, 2.05) is 39.0 Å². The van der Waals surface area contributed by atoms with Crippen LogP contribution in [0, 0.1) is 5.41 Å². The minimum Gasteiger partial charge on any atom is -0.444 e. The Morgan fingerprint density at radius 2 is 1.92 bits per heavy atom. The summed E-state index contributed by atoms with van der Waals surface area (Å²) in [5, 5.41) is 3.07. The van der Waals surface area contributed by atoms with E-state index in [0.29, 0.717) is 26.1 Å². The first kappa shape index (κ1) is 17.8. The molecule has 0 aromatic heterocycles. The smallest absolute Gasteiger partial charge is 0.410 e. The molecule has 0 bridgehead atoms. The minimum absolute atomic E-state index is 0.132. The van der Waals surface area contributed by atoms with Crippen LogP contribution in [0.5, 0.6) is 0 Å². The molecule has 1 aromatic carbocycles. The van der Waals surface area contributed by atoms with Gasteiger partial charge in [0.15, 0.2) is 0 Å². The van der Waals surface area contributed by atoms with E-state index in [2.05, 4.69) is 17.4 Å². The van der Waals surface area contributed by atoms with Crippen LogP contribution in [0.3, 0.4) is 0 Å². The summed E-state index contributed by atoms with van der Waals surface area (Å²) in [6, 6.07) is 10.2. The molecule has 3 rings (SSSR count). The van der Waals surface area contributed by atoms with E-state index in [9.17, 15) is 9.59 Å². The lowest BCUT2D eigenvalue weighted by atomic mass is 9.69. The summed E-state index contributed by atoms with van der Waals surface area (Å²) in [5.74, 6) is 0.298. The van der Waals surface area contributed by atoms with Crippen molar-refractivity contribution >= 4 is 12.0 Å².